The van der Waals surface area contributed by atoms with Crippen LogP contribution in [0.5, 0.6) is 11.5 Å². The summed E-state index contributed by atoms with van der Waals surface area (Å²) < 4.78 is 150. The van der Waals surface area contributed by atoms with E-state index in [9.17, 15) is 30.7 Å². The molecule has 0 bridgehead atoms. The molecule has 0 aliphatic carbocycles. The zero-order valence-corrected chi connectivity index (χ0v) is 25.6. The third-order valence-electron chi connectivity index (χ3n) is 7.62. The lowest BCUT2D eigenvalue weighted by Crippen LogP contribution is -2.23. The highest BCUT2D eigenvalue weighted by Crippen LogP contribution is 2.38. The molecule has 0 radical (unpaired) electrons. The second kappa shape index (κ2) is 14.2. The van der Waals surface area contributed by atoms with Gasteiger partial charge in [0.15, 0.2) is 11.6 Å². The molecule has 0 saturated carbocycles. The quantitative estimate of drug-likeness (QED) is 0.101. The summed E-state index contributed by atoms with van der Waals surface area (Å²) in [5.41, 5.74) is -1.06. The topological polar surface area (TPSA) is 18.5 Å². The lowest BCUT2D eigenvalue weighted by atomic mass is 9.96. The normalized spacial score (nSPS) is 11.9. The molecule has 256 valence electrons. The first-order chi connectivity index (χ1) is 23.1. The van der Waals surface area contributed by atoms with Crippen LogP contribution < -0.4 is 9.47 Å². The van der Waals surface area contributed by atoms with Crippen molar-refractivity contribution in [3.8, 4) is 44.9 Å². The largest absolute Gasteiger partial charge is 0.573 e. The number of halogens is 10. The average Bonchev–Trinajstić information content (AvgIpc) is 3.01. The number of alkyl halides is 5. The summed E-state index contributed by atoms with van der Waals surface area (Å²) in [6, 6.07) is 15.6. The molecule has 5 aromatic rings. The van der Waals surface area contributed by atoms with Crippen LogP contribution in [0.25, 0.3) is 33.4 Å². The molecule has 2 nitrogen and oxygen atoms in total. The summed E-state index contributed by atoms with van der Waals surface area (Å²) in [6.07, 6.45) is -6.11. The number of benzene rings is 5. The average molecular weight is 693 g/mol. The molecule has 49 heavy (non-hydrogen) atoms. The lowest BCUT2D eigenvalue weighted by molar-refractivity contribution is -0.275. The fourth-order valence-corrected chi connectivity index (χ4v) is 5.25. The summed E-state index contributed by atoms with van der Waals surface area (Å²) in [6.45, 7) is 2.00. The van der Waals surface area contributed by atoms with Crippen molar-refractivity contribution in [3.63, 3.8) is 0 Å². The van der Waals surface area contributed by atoms with Gasteiger partial charge in [-0.05, 0) is 89.2 Å². The Bertz CT molecular complexity index is 1930. The number of unbranched alkanes of at least 4 members (excludes halogenated alkanes) is 2. The predicted octanol–water partition coefficient (Wildman–Crippen LogP) is 12.1. The maximum absolute atomic E-state index is 15.2. The number of rotatable bonds is 11. The Morgan fingerprint density at radius 3 is 1.76 bits per heavy atom. The Morgan fingerprint density at radius 2 is 1.16 bits per heavy atom. The Morgan fingerprint density at radius 1 is 0.531 bits per heavy atom. The van der Waals surface area contributed by atoms with Crippen molar-refractivity contribution in [1.29, 1.82) is 0 Å². The number of hydrogen-bond donors (Lipinski definition) is 0. The molecule has 0 fully saturated rings. The van der Waals surface area contributed by atoms with Crippen molar-refractivity contribution in [2.75, 3.05) is 0 Å². The van der Waals surface area contributed by atoms with Gasteiger partial charge in [0.05, 0.1) is 11.1 Å². The van der Waals surface area contributed by atoms with Crippen molar-refractivity contribution in [1.82, 2.24) is 0 Å². The summed E-state index contributed by atoms with van der Waals surface area (Å²) >= 11 is 0. The smallest absolute Gasteiger partial charge is 0.429 e. The molecule has 0 saturated heterocycles. The molecule has 0 aromatic heterocycles. The highest BCUT2D eigenvalue weighted by molar-refractivity contribution is 5.75. The van der Waals surface area contributed by atoms with Crippen LogP contribution in [0.1, 0.15) is 37.3 Å². The van der Waals surface area contributed by atoms with Crippen molar-refractivity contribution < 1.29 is 53.4 Å². The van der Waals surface area contributed by atoms with Crippen molar-refractivity contribution in [2.45, 2.75) is 45.1 Å². The highest BCUT2D eigenvalue weighted by Gasteiger charge is 2.38. The van der Waals surface area contributed by atoms with E-state index in [2.05, 4.69) is 9.47 Å². The SMILES string of the molecule is CCCCCc1ccc(C(F)(F)Oc2ccc(-c3cc(F)c(-c4ccc(-c5ccc(OC(F)(F)F)c(F)c5)cc4)c(F)c3)c(F)c2)c(F)c1. The van der Waals surface area contributed by atoms with Crippen LogP contribution in [0, 0.1) is 29.1 Å². The first-order valence-electron chi connectivity index (χ1n) is 15.0. The van der Waals surface area contributed by atoms with E-state index in [0.29, 0.717) is 23.6 Å². The Labute approximate surface area is 274 Å². The number of hydrogen-bond acceptors (Lipinski definition) is 2. The molecule has 5 aromatic carbocycles. The van der Waals surface area contributed by atoms with Gasteiger partial charge in [0.2, 0.25) is 0 Å². The van der Waals surface area contributed by atoms with Gasteiger partial charge in [-0.15, -0.1) is 13.2 Å². The van der Waals surface area contributed by atoms with E-state index in [0.717, 1.165) is 67.8 Å². The maximum Gasteiger partial charge on any atom is 0.573 e. The summed E-state index contributed by atoms with van der Waals surface area (Å²) in [5.74, 6) is -7.47. The van der Waals surface area contributed by atoms with Gasteiger partial charge in [0.25, 0.3) is 0 Å². The second-order valence-electron chi connectivity index (χ2n) is 11.1. The van der Waals surface area contributed by atoms with Crippen molar-refractivity contribution >= 4 is 0 Å². The van der Waals surface area contributed by atoms with Crippen molar-refractivity contribution in [3.05, 3.63) is 131 Å². The monoisotopic (exact) mass is 692 g/mol. The van der Waals surface area contributed by atoms with E-state index in [1.807, 2.05) is 6.92 Å². The minimum atomic E-state index is -5.09. The molecular formula is C37H26F10O2. The van der Waals surface area contributed by atoms with Gasteiger partial charge in [0.1, 0.15) is 29.0 Å². The molecule has 0 spiro atoms. The minimum Gasteiger partial charge on any atom is -0.429 e. The van der Waals surface area contributed by atoms with Gasteiger partial charge in [-0.1, -0.05) is 56.2 Å². The molecule has 0 amide bonds. The number of ether oxygens (including phenoxy) is 2. The van der Waals surface area contributed by atoms with Crippen LogP contribution in [0.4, 0.5) is 43.9 Å². The van der Waals surface area contributed by atoms with E-state index < -0.39 is 64.2 Å². The van der Waals surface area contributed by atoms with E-state index in [4.69, 9.17) is 0 Å². The third kappa shape index (κ3) is 8.36. The van der Waals surface area contributed by atoms with Crippen LogP contribution in [-0.2, 0) is 12.5 Å². The molecular weight excluding hydrogens is 666 g/mol. The molecule has 12 heteroatoms. The number of aryl methyl sites for hydroxylation is 1. The van der Waals surface area contributed by atoms with Gasteiger partial charge in [-0.3, -0.25) is 0 Å². The summed E-state index contributed by atoms with van der Waals surface area (Å²) in [4.78, 5) is 0. The molecule has 0 N–H and O–H groups in total. The van der Waals surface area contributed by atoms with Crippen LogP contribution in [-0.4, -0.2) is 6.36 Å². The zero-order chi connectivity index (χ0) is 35.5. The molecule has 0 heterocycles. The Balaban J connectivity index is 1.33. The van der Waals surface area contributed by atoms with Gasteiger partial charge in [0, 0.05) is 11.6 Å². The lowest BCUT2D eigenvalue weighted by Gasteiger charge is -2.20. The first-order valence-corrected chi connectivity index (χ1v) is 15.0. The molecule has 0 aliphatic heterocycles. The fourth-order valence-electron chi connectivity index (χ4n) is 5.25. The minimum absolute atomic E-state index is 0.0375. The first kappa shape index (κ1) is 35.3. The van der Waals surface area contributed by atoms with Crippen LogP contribution in [0.3, 0.4) is 0 Å². The summed E-state index contributed by atoms with van der Waals surface area (Å²) in [7, 11) is 0. The van der Waals surface area contributed by atoms with Crippen LogP contribution in [0.15, 0.2) is 91.0 Å². The Kier molecular flexibility index (Phi) is 10.3. The molecule has 0 aliphatic rings. The van der Waals surface area contributed by atoms with E-state index in [1.54, 1.807) is 0 Å². The molecule has 0 atom stereocenters. The van der Waals surface area contributed by atoms with Crippen molar-refractivity contribution in [2.24, 2.45) is 0 Å². The maximum atomic E-state index is 15.2. The molecule has 5 rings (SSSR count). The van der Waals surface area contributed by atoms with Crippen LogP contribution in [0.2, 0.25) is 0 Å². The van der Waals surface area contributed by atoms with E-state index in [-0.39, 0.29) is 22.3 Å². The van der Waals surface area contributed by atoms with Crippen LogP contribution >= 0.6 is 0 Å². The molecule has 0 unspecified atom stereocenters. The fraction of sp³-hybridized carbons (Fsp3) is 0.189. The standard InChI is InChI=1S/C37H26F10O2/c1-2-3-4-5-21-6-14-28(30(39)16-21)36(43,44)48-26-12-13-27(29(38)20-26)25-18-32(41)35(33(42)19-25)23-9-7-22(8-10-23)24-11-15-34(31(40)17-24)49-37(45,46)47/h6-20H,2-5H2,1H3. The predicted molar refractivity (Wildman–Crippen MR) is 163 cm³/mol. The van der Waals surface area contributed by atoms with Gasteiger partial charge >= 0.3 is 12.5 Å². The Hall–Kier alpha value is -5.00. The van der Waals surface area contributed by atoms with Gasteiger partial charge in [-0.2, -0.15) is 8.78 Å². The van der Waals surface area contributed by atoms with Gasteiger partial charge in [-0.25, -0.2) is 22.0 Å². The van der Waals surface area contributed by atoms with E-state index in [1.165, 1.54) is 36.4 Å². The summed E-state index contributed by atoms with van der Waals surface area (Å²) in [5, 5.41) is 0. The third-order valence-corrected chi connectivity index (χ3v) is 7.62. The van der Waals surface area contributed by atoms with E-state index >= 15 is 13.2 Å². The van der Waals surface area contributed by atoms with Gasteiger partial charge < -0.3 is 9.47 Å². The zero-order valence-electron chi connectivity index (χ0n) is 25.6. The second-order valence-corrected chi connectivity index (χ2v) is 11.1. The highest BCUT2D eigenvalue weighted by atomic mass is 19.4.